The van der Waals surface area contributed by atoms with E-state index in [1.807, 2.05) is 31.2 Å². The molecule has 0 spiro atoms. The molecule has 27 heavy (non-hydrogen) atoms. The Morgan fingerprint density at radius 1 is 1.15 bits per heavy atom. The van der Waals surface area contributed by atoms with Crippen molar-refractivity contribution in [2.75, 3.05) is 27.4 Å². The molecule has 3 rings (SSSR count). The second kappa shape index (κ2) is 8.39. The van der Waals surface area contributed by atoms with Gasteiger partial charge in [-0.3, -0.25) is 4.79 Å². The zero-order chi connectivity index (χ0) is 19.4. The number of allylic oxidation sites excluding steroid dienone is 3. The van der Waals surface area contributed by atoms with Crippen molar-refractivity contribution < 1.29 is 23.8 Å². The zero-order valence-corrected chi connectivity index (χ0v) is 16.0. The lowest BCUT2D eigenvalue weighted by Gasteiger charge is -2.34. The molecule has 1 atom stereocenters. The van der Waals surface area contributed by atoms with Crippen molar-refractivity contribution in [1.82, 2.24) is 5.32 Å². The summed E-state index contributed by atoms with van der Waals surface area (Å²) in [5, 5.41) is 3.27. The number of esters is 1. The second-order valence-corrected chi connectivity index (χ2v) is 6.67. The number of carbonyl (C=O) groups excluding carboxylic acids is 2. The molecule has 0 amide bonds. The minimum absolute atomic E-state index is 0.0826. The van der Waals surface area contributed by atoms with Crippen molar-refractivity contribution in [3.8, 4) is 5.75 Å². The van der Waals surface area contributed by atoms with E-state index in [0.717, 1.165) is 35.5 Å². The fraction of sp³-hybridized carbons (Fsp3) is 0.429. The van der Waals surface area contributed by atoms with Gasteiger partial charge in [0.25, 0.3) is 0 Å². The van der Waals surface area contributed by atoms with Crippen LogP contribution in [0.3, 0.4) is 0 Å². The van der Waals surface area contributed by atoms with Gasteiger partial charge in [0.15, 0.2) is 5.78 Å². The van der Waals surface area contributed by atoms with Gasteiger partial charge in [-0.05, 0) is 37.5 Å². The van der Waals surface area contributed by atoms with Crippen LogP contribution in [0.15, 0.2) is 46.8 Å². The van der Waals surface area contributed by atoms with E-state index in [9.17, 15) is 9.59 Å². The summed E-state index contributed by atoms with van der Waals surface area (Å²) in [4.78, 5) is 25.6. The number of rotatable bonds is 6. The predicted molar refractivity (Wildman–Crippen MR) is 100 cm³/mol. The number of nitrogens with one attached hydrogen (secondary N) is 1. The fourth-order valence-electron chi connectivity index (χ4n) is 3.68. The lowest BCUT2D eigenvalue weighted by Crippen LogP contribution is -2.34. The van der Waals surface area contributed by atoms with Gasteiger partial charge in [-0.15, -0.1) is 0 Å². The summed E-state index contributed by atoms with van der Waals surface area (Å²) in [5.41, 5.74) is 3.67. The maximum Gasteiger partial charge on any atom is 0.336 e. The fourth-order valence-corrected chi connectivity index (χ4v) is 3.68. The average Bonchev–Trinajstić information content (AvgIpc) is 2.67. The van der Waals surface area contributed by atoms with Gasteiger partial charge in [0.05, 0.1) is 19.3 Å². The van der Waals surface area contributed by atoms with E-state index in [0.29, 0.717) is 24.2 Å². The van der Waals surface area contributed by atoms with Gasteiger partial charge >= 0.3 is 5.97 Å². The van der Waals surface area contributed by atoms with Crippen LogP contribution < -0.4 is 10.1 Å². The minimum Gasteiger partial charge on any atom is -0.497 e. The van der Waals surface area contributed by atoms with Gasteiger partial charge in [-0.1, -0.05) is 12.1 Å². The number of carbonyl (C=O) groups is 2. The summed E-state index contributed by atoms with van der Waals surface area (Å²) in [6.45, 7) is 2.35. The SMILES string of the molecule is COCCOC(=O)C1=C(C)NC2=C(C(=O)CCC2)[C@H]1c1ccc(OC)cc1. The first kappa shape index (κ1) is 19.2. The van der Waals surface area contributed by atoms with E-state index in [4.69, 9.17) is 14.2 Å². The van der Waals surface area contributed by atoms with Crippen molar-refractivity contribution in [2.24, 2.45) is 0 Å². The van der Waals surface area contributed by atoms with Gasteiger partial charge in [-0.2, -0.15) is 0 Å². The molecule has 1 aliphatic heterocycles. The molecule has 1 aromatic carbocycles. The largest absolute Gasteiger partial charge is 0.497 e. The van der Waals surface area contributed by atoms with Crippen LogP contribution in [0.25, 0.3) is 0 Å². The van der Waals surface area contributed by atoms with Crippen LogP contribution in [-0.2, 0) is 19.1 Å². The normalized spacial score (nSPS) is 19.5. The average molecular weight is 371 g/mol. The first-order valence-corrected chi connectivity index (χ1v) is 9.10. The number of ketones is 1. The maximum absolute atomic E-state index is 12.8. The van der Waals surface area contributed by atoms with E-state index in [1.54, 1.807) is 14.2 Å². The van der Waals surface area contributed by atoms with Crippen molar-refractivity contribution in [3.05, 3.63) is 52.4 Å². The molecule has 0 unspecified atom stereocenters. The molecule has 0 radical (unpaired) electrons. The molecule has 0 saturated carbocycles. The molecule has 144 valence electrons. The van der Waals surface area contributed by atoms with Gasteiger partial charge in [0, 0.05) is 36.4 Å². The first-order chi connectivity index (χ1) is 13.1. The molecule has 0 saturated heterocycles. The molecule has 0 aromatic heterocycles. The summed E-state index contributed by atoms with van der Waals surface area (Å²) < 4.78 is 15.6. The topological polar surface area (TPSA) is 73.9 Å². The summed E-state index contributed by atoms with van der Waals surface area (Å²) in [5.74, 6) is -0.0566. The number of hydrogen-bond acceptors (Lipinski definition) is 6. The van der Waals surface area contributed by atoms with Crippen molar-refractivity contribution >= 4 is 11.8 Å². The molecule has 1 aliphatic carbocycles. The highest BCUT2D eigenvalue weighted by atomic mass is 16.6. The lowest BCUT2D eigenvalue weighted by atomic mass is 9.75. The highest BCUT2D eigenvalue weighted by molar-refractivity contribution is 6.03. The molecule has 6 heteroatoms. The molecule has 0 bridgehead atoms. The van der Waals surface area contributed by atoms with Crippen LogP contribution >= 0.6 is 0 Å². The third kappa shape index (κ3) is 3.90. The monoisotopic (exact) mass is 371 g/mol. The molecule has 6 nitrogen and oxygen atoms in total. The number of methoxy groups -OCH3 is 2. The van der Waals surface area contributed by atoms with Crippen LogP contribution in [0.2, 0.25) is 0 Å². The summed E-state index contributed by atoms with van der Waals surface area (Å²) in [6.07, 6.45) is 2.12. The third-order valence-electron chi connectivity index (χ3n) is 4.97. The van der Waals surface area contributed by atoms with Crippen LogP contribution in [0.5, 0.6) is 5.75 Å². The number of Topliss-reactive ketones (excluding diaryl/α,β-unsaturated/α-hetero) is 1. The minimum atomic E-state index is -0.435. The molecule has 1 heterocycles. The Hall–Kier alpha value is -2.60. The summed E-state index contributed by atoms with van der Waals surface area (Å²) in [6, 6.07) is 7.48. The number of hydrogen-bond donors (Lipinski definition) is 1. The van der Waals surface area contributed by atoms with E-state index in [1.165, 1.54) is 0 Å². The van der Waals surface area contributed by atoms with E-state index in [2.05, 4.69) is 5.32 Å². The standard InChI is InChI=1S/C21H25NO5/c1-13-18(21(24)27-12-11-25-2)19(14-7-9-15(26-3)10-8-14)20-16(22-13)5-4-6-17(20)23/h7-10,19,22H,4-6,11-12H2,1-3H3/t19-/m0/s1. The lowest BCUT2D eigenvalue weighted by molar-refractivity contribution is -0.140. The van der Waals surface area contributed by atoms with Crippen molar-refractivity contribution in [2.45, 2.75) is 32.1 Å². The second-order valence-electron chi connectivity index (χ2n) is 6.67. The van der Waals surface area contributed by atoms with Crippen LogP contribution in [0, 0.1) is 0 Å². The molecule has 1 aromatic rings. The highest BCUT2D eigenvalue weighted by Crippen LogP contribution is 2.42. The predicted octanol–water partition coefficient (Wildman–Crippen LogP) is 2.85. The molecular weight excluding hydrogens is 346 g/mol. The molecule has 2 aliphatic rings. The Morgan fingerprint density at radius 2 is 1.89 bits per heavy atom. The number of ether oxygens (including phenoxy) is 3. The van der Waals surface area contributed by atoms with Crippen molar-refractivity contribution in [3.63, 3.8) is 0 Å². The van der Waals surface area contributed by atoms with Gasteiger partial charge in [0.2, 0.25) is 0 Å². The molecule has 1 N–H and O–H groups in total. The Labute approximate surface area is 159 Å². The van der Waals surface area contributed by atoms with Gasteiger partial charge in [0.1, 0.15) is 12.4 Å². The van der Waals surface area contributed by atoms with Gasteiger partial charge in [-0.25, -0.2) is 4.79 Å². The van der Waals surface area contributed by atoms with E-state index >= 15 is 0 Å². The number of benzene rings is 1. The van der Waals surface area contributed by atoms with Crippen molar-refractivity contribution in [1.29, 1.82) is 0 Å². The molecular formula is C21H25NO5. The van der Waals surface area contributed by atoms with Gasteiger partial charge < -0.3 is 19.5 Å². The van der Waals surface area contributed by atoms with E-state index in [-0.39, 0.29) is 12.4 Å². The smallest absolute Gasteiger partial charge is 0.336 e. The quantitative estimate of drug-likeness (QED) is 0.612. The number of dihydropyridines is 1. The Balaban J connectivity index is 2.03. The Morgan fingerprint density at radius 3 is 2.56 bits per heavy atom. The van der Waals surface area contributed by atoms with Crippen LogP contribution in [0.1, 0.15) is 37.7 Å². The molecule has 0 fully saturated rings. The summed E-state index contributed by atoms with van der Waals surface area (Å²) >= 11 is 0. The highest BCUT2D eigenvalue weighted by Gasteiger charge is 2.39. The van der Waals surface area contributed by atoms with Crippen LogP contribution in [-0.4, -0.2) is 39.2 Å². The first-order valence-electron chi connectivity index (χ1n) is 9.10. The van der Waals surface area contributed by atoms with Crippen LogP contribution in [0.4, 0.5) is 0 Å². The van der Waals surface area contributed by atoms with E-state index < -0.39 is 11.9 Å². The Kier molecular flexibility index (Phi) is 5.96. The summed E-state index contributed by atoms with van der Waals surface area (Å²) in [7, 11) is 3.16. The Bertz CT molecular complexity index is 791. The zero-order valence-electron chi connectivity index (χ0n) is 16.0. The maximum atomic E-state index is 12.8. The third-order valence-corrected chi connectivity index (χ3v) is 4.97.